The molecule has 0 saturated carbocycles. The molecule has 0 atom stereocenters. The molecule has 0 amide bonds. The van der Waals surface area contributed by atoms with Crippen molar-refractivity contribution < 1.29 is 9.84 Å². The fourth-order valence-corrected chi connectivity index (χ4v) is 5.53. The maximum atomic E-state index is 9.36. The van der Waals surface area contributed by atoms with Gasteiger partial charge in [0.15, 0.2) is 0 Å². The topological polar surface area (TPSA) is 105 Å². The zero-order valence-electron chi connectivity index (χ0n) is 24.1. The van der Waals surface area contributed by atoms with Crippen molar-refractivity contribution in [3.05, 3.63) is 53.9 Å². The Morgan fingerprint density at radius 3 is 2.77 bits per heavy atom. The molecule has 1 aliphatic rings. The van der Waals surface area contributed by atoms with Gasteiger partial charge in [0, 0.05) is 62.7 Å². The Labute approximate surface area is 236 Å². The molecule has 1 aliphatic heterocycles. The Hall–Kier alpha value is -3.82. The third kappa shape index (κ3) is 5.71. The van der Waals surface area contributed by atoms with E-state index in [0.717, 1.165) is 74.2 Å². The lowest BCUT2D eigenvalue weighted by atomic mass is 9.99. The number of hydrogen-bond acceptors (Lipinski definition) is 8. The number of nitrogen functional groups attached to an aromatic ring is 1. The summed E-state index contributed by atoms with van der Waals surface area (Å²) >= 11 is 0. The van der Waals surface area contributed by atoms with Gasteiger partial charge in [0.1, 0.15) is 5.75 Å². The van der Waals surface area contributed by atoms with Gasteiger partial charge in [-0.3, -0.25) is 0 Å². The number of benzene rings is 2. The van der Waals surface area contributed by atoms with Crippen molar-refractivity contribution in [2.24, 2.45) is 0 Å². The van der Waals surface area contributed by atoms with E-state index >= 15 is 0 Å². The van der Waals surface area contributed by atoms with Gasteiger partial charge in [0.25, 0.3) is 0 Å². The molecule has 4 aromatic rings. The maximum Gasteiger partial charge on any atom is 0.227 e. The molecule has 9 heteroatoms. The Morgan fingerprint density at radius 1 is 1.15 bits per heavy atom. The van der Waals surface area contributed by atoms with Crippen molar-refractivity contribution in [2.45, 2.75) is 38.6 Å². The van der Waals surface area contributed by atoms with Crippen LogP contribution in [0.1, 0.15) is 30.4 Å². The molecule has 0 fully saturated rings. The number of methoxy groups -OCH3 is 1. The number of hydrogen-bond donors (Lipinski definition) is 3. The Balaban J connectivity index is 1.52. The highest BCUT2D eigenvalue weighted by atomic mass is 16.5. The molecule has 5 rings (SSSR count). The molecule has 40 heavy (non-hydrogen) atoms. The number of rotatable bonds is 12. The smallest absolute Gasteiger partial charge is 0.227 e. The fraction of sp³-hybridized carbons (Fsp3) is 0.419. The number of aryl methyl sites for hydroxylation is 3. The number of nitrogens with one attached hydrogen (secondary N) is 1. The van der Waals surface area contributed by atoms with Crippen molar-refractivity contribution in [1.29, 1.82) is 0 Å². The van der Waals surface area contributed by atoms with Crippen LogP contribution in [-0.2, 0) is 19.4 Å². The molecule has 9 nitrogen and oxygen atoms in total. The molecule has 2 aromatic heterocycles. The molecule has 0 unspecified atom stereocenters. The summed E-state index contributed by atoms with van der Waals surface area (Å²) in [6, 6.07) is 10.4. The fourth-order valence-electron chi connectivity index (χ4n) is 5.53. The number of likely N-dealkylation sites (N-methyl/N-ethyl adjacent to an activating group) is 2. The first-order chi connectivity index (χ1) is 19.4. The minimum atomic E-state index is 0.181. The van der Waals surface area contributed by atoms with Crippen molar-refractivity contribution in [3.63, 3.8) is 0 Å². The van der Waals surface area contributed by atoms with Crippen LogP contribution in [0.15, 0.2) is 42.7 Å². The summed E-state index contributed by atoms with van der Waals surface area (Å²) in [6.45, 7) is 2.94. The second-order valence-electron chi connectivity index (χ2n) is 10.9. The molecule has 2 aromatic carbocycles. The van der Waals surface area contributed by atoms with E-state index in [1.807, 2.05) is 25.4 Å². The van der Waals surface area contributed by atoms with Crippen LogP contribution in [0.5, 0.6) is 5.75 Å². The molecular weight excluding hydrogens is 502 g/mol. The number of para-hydroxylation sites is 1. The van der Waals surface area contributed by atoms with Crippen LogP contribution in [0.25, 0.3) is 22.2 Å². The number of aromatic nitrogens is 3. The van der Waals surface area contributed by atoms with Crippen LogP contribution >= 0.6 is 0 Å². The number of aliphatic hydroxyl groups is 1. The monoisotopic (exact) mass is 543 g/mol. The largest absolute Gasteiger partial charge is 0.494 e. The SMILES string of the molecule is COc1cc(N(C)CCN(C)C)c(N)cc1Nc1ncc(CCCCO)c(-c2cn3c4c(cccc24)CCC3)n1. The first kappa shape index (κ1) is 27.7. The average molecular weight is 544 g/mol. The number of ether oxygens (including phenoxy) is 1. The summed E-state index contributed by atoms with van der Waals surface area (Å²) in [5.74, 6) is 1.16. The van der Waals surface area contributed by atoms with Crippen LogP contribution in [0.4, 0.5) is 23.0 Å². The second-order valence-corrected chi connectivity index (χ2v) is 10.9. The predicted molar refractivity (Wildman–Crippen MR) is 164 cm³/mol. The lowest BCUT2D eigenvalue weighted by Crippen LogP contribution is -2.29. The van der Waals surface area contributed by atoms with Gasteiger partial charge in [0.2, 0.25) is 5.95 Å². The van der Waals surface area contributed by atoms with E-state index < -0.39 is 0 Å². The Kier molecular flexibility index (Phi) is 8.42. The summed E-state index contributed by atoms with van der Waals surface area (Å²) < 4.78 is 8.12. The third-order valence-corrected chi connectivity index (χ3v) is 7.69. The quantitative estimate of drug-likeness (QED) is 0.175. The summed E-state index contributed by atoms with van der Waals surface area (Å²) in [4.78, 5) is 14.0. The predicted octanol–water partition coefficient (Wildman–Crippen LogP) is 4.69. The van der Waals surface area contributed by atoms with Crippen molar-refractivity contribution >= 4 is 33.9 Å². The van der Waals surface area contributed by atoms with Gasteiger partial charge in [-0.05, 0) is 63.4 Å². The van der Waals surface area contributed by atoms with Gasteiger partial charge in [-0.25, -0.2) is 9.97 Å². The van der Waals surface area contributed by atoms with Crippen molar-refractivity contribution in [2.75, 3.05) is 63.9 Å². The molecule has 0 saturated heterocycles. The molecule has 212 valence electrons. The number of nitrogens with two attached hydrogens (primary N) is 1. The van der Waals surface area contributed by atoms with Crippen LogP contribution in [0, 0.1) is 0 Å². The lowest BCUT2D eigenvalue weighted by Gasteiger charge is -2.24. The Bertz CT molecular complexity index is 1480. The molecule has 3 heterocycles. The number of nitrogens with zero attached hydrogens (tertiary/aromatic N) is 5. The summed E-state index contributed by atoms with van der Waals surface area (Å²) in [6.07, 6.45) is 8.81. The summed E-state index contributed by atoms with van der Waals surface area (Å²) in [5.41, 5.74) is 14.6. The van der Waals surface area contributed by atoms with Gasteiger partial charge in [-0.15, -0.1) is 0 Å². The van der Waals surface area contributed by atoms with E-state index in [0.29, 0.717) is 23.1 Å². The lowest BCUT2D eigenvalue weighted by molar-refractivity contribution is 0.284. The average Bonchev–Trinajstić information content (AvgIpc) is 3.33. The normalized spacial score (nSPS) is 12.8. The number of aliphatic hydroxyl groups excluding tert-OH is 1. The van der Waals surface area contributed by atoms with Gasteiger partial charge in [0.05, 0.1) is 35.4 Å². The zero-order chi connectivity index (χ0) is 28.2. The molecule has 0 bridgehead atoms. The van der Waals surface area contributed by atoms with E-state index in [1.165, 1.54) is 16.5 Å². The zero-order valence-corrected chi connectivity index (χ0v) is 24.1. The van der Waals surface area contributed by atoms with Crippen molar-refractivity contribution in [1.82, 2.24) is 19.4 Å². The highest BCUT2D eigenvalue weighted by molar-refractivity contribution is 5.98. The van der Waals surface area contributed by atoms with Crippen LogP contribution in [0.2, 0.25) is 0 Å². The van der Waals surface area contributed by atoms with E-state index in [1.54, 1.807) is 7.11 Å². The van der Waals surface area contributed by atoms with Crippen LogP contribution in [-0.4, -0.2) is 72.5 Å². The highest BCUT2D eigenvalue weighted by Crippen LogP contribution is 2.38. The van der Waals surface area contributed by atoms with Gasteiger partial charge in [-0.2, -0.15) is 0 Å². The first-order valence-corrected chi connectivity index (χ1v) is 14.1. The molecule has 0 radical (unpaired) electrons. The summed E-state index contributed by atoms with van der Waals surface area (Å²) in [5, 5.41) is 14.0. The van der Waals surface area contributed by atoms with E-state index in [2.05, 4.69) is 63.2 Å². The van der Waals surface area contributed by atoms with Crippen LogP contribution < -0.4 is 20.7 Å². The highest BCUT2D eigenvalue weighted by Gasteiger charge is 2.21. The minimum absolute atomic E-state index is 0.181. The first-order valence-electron chi connectivity index (χ1n) is 14.1. The molecule has 0 aliphatic carbocycles. The maximum absolute atomic E-state index is 9.36. The van der Waals surface area contributed by atoms with Crippen LogP contribution in [0.3, 0.4) is 0 Å². The summed E-state index contributed by atoms with van der Waals surface area (Å²) in [7, 11) is 7.80. The molecular formula is C31H41N7O2. The van der Waals surface area contributed by atoms with E-state index in [-0.39, 0.29) is 6.61 Å². The molecule has 4 N–H and O–H groups in total. The van der Waals surface area contributed by atoms with E-state index in [9.17, 15) is 5.11 Å². The van der Waals surface area contributed by atoms with E-state index in [4.69, 9.17) is 15.5 Å². The molecule has 0 spiro atoms. The third-order valence-electron chi connectivity index (χ3n) is 7.69. The number of anilines is 4. The minimum Gasteiger partial charge on any atom is -0.494 e. The van der Waals surface area contributed by atoms with Gasteiger partial charge >= 0.3 is 0 Å². The number of unbranched alkanes of at least 4 members (excludes halogenated alkanes) is 1. The Morgan fingerprint density at radius 2 is 2.00 bits per heavy atom. The second kappa shape index (κ2) is 12.1. The van der Waals surface area contributed by atoms with Gasteiger partial charge in [-0.1, -0.05) is 18.2 Å². The van der Waals surface area contributed by atoms with Crippen molar-refractivity contribution in [3.8, 4) is 17.0 Å². The standard InChI is InChI=1S/C31H41N7O2/c1-36(2)14-15-37(3)27-18-28(40-4)26(17-25(27)32)34-31-33-19-22(9-5-6-16-39)29(35-31)24-20-38-13-8-11-21-10-7-12-23(24)30(21)38/h7,10,12,17-20,39H,5-6,8-9,11,13-16,32H2,1-4H3,(H,33,34,35). The van der Waals surface area contributed by atoms with Gasteiger partial charge < -0.3 is 35.3 Å².